The van der Waals surface area contributed by atoms with Gasteiger partial charge >= 0.3 is 6.18 Å². The molecule has 0 aliphatic carbocycles. The quantitative estimate of drug-likeness (QED) is 0.628. The topological polar surface area (TPSA) is 54.9 Å². The van der Waals surface area contributed by atoms with Crippen molar-refractivity contribution in [1.82, 2.24) is 9.97 Å². The van der Waals surface area contributed by atoms with E-state index in [1.165, 1.54) is 29.8 Å². The molecule has 3 aromatic rings. The second-order valence-electron chi connectivity index (χ2n) is 5.75. The number of carbonyl (C=O) groups is 1. The first-order chi connectivity index (χ1) is 12.7. The fourth-order valence-electron chi connectivity index (χ4n) is 2.29. The predicted octanol–water partition coefficient (Wildman–Crippen LogP) is 5.36. The molecule has 3 rings (SSSR count). The molecule has 0 unspecified atom stereocenters. The Morgan fingerprint density at radius 3 is 2.63 bits per heavy atom. The van der Waals surface area contributed by atoms with Gasteiger partial charge in [0.05, 0.1) is 11.1 Å². The molecule has 0 radical (unpaired) electrons. The van der Waals surface area contributed by atoms with Gasteiger partial charge in [0.15, 0.2) is 5.13 Å². The Morgan fingerprint density at radius 2 is 1.96 bits per heavy atom. The summed E-state index contributed by atoms with van der Waals surface area (Å²) in [4.78, 5) is 21.0. The molecule has 4 nitrogen and oxygen atoms in total. The summed E-state index contributed by atoms with van der Waals surface area (Å²) in [6.07, 6.45) is -1.29. The number of nitrogens with one attached hydrogen (secondary N) is 1. The van der Waals surface area contributed by atoms with Crippen LogP contribution in [-0.2, 0) is 12.6 Å². The lowest BCUT2D eigenvalue weighted by Gasteiger charge is -2.09. The molecule has 0 saturated heterocycles. The molecular weight excluding hydrogens is 399 g/mol. The van der Waals surface area contributed by atoms with E-state index in [1.807, 2.05) is 6.92 Å². The van der Waals surface area contributed by atoms with Crippen LogP contribution in [0.3, 0.4) is 0 Å². The summed E-state index contributed by atoms with van der Waals surface area (Å²) in [6, 6.07) is 6.57. The first-order valence-corrected chi connectivity index (χ1v) is 8.96. The maximum atomic E-state index is 12.9. The maximum Gasteiger partial charge on any atom is 0.416 e. The number of hydrogen-bond acceptors (Lipinski definition) is 4. The Labute approximate surface area is 162 Å². The number of aryl methyl sites for hydroxylation is 1. The van der Waals surface area contributed by atoms with Gasteiger partial charge in [-0.1, -0.05) is 11.6 Å². The number of amides is 1. The Kier molecular flexibility index (Phi) is 5.48. The van der Waals surface area contributed by atoms with Crippen LogP contribution in [-0.4, -0.2) is 15.9 Å². The van der Waals surface area contributed by atoms with Crippen molar-refractivity contribution in [3.63, 3.8) is 0 Å². The maximum absolute atomic E-state index is 12.9. The zero-order chi connectivity index (χ0) is 19.6. The van der Waals surface area contributed by atoms with Crippen LogP contribution in [0.1, 0.15) is 32.1 Å². The Balaban J connectivity index is 1.73. The van der Waals surface area contributed by atoms with Gasteiger partial charge in [-0.25, -0.2) is 4.98 Å². The lowest BCUT2D eigenvalue weighted by molar-refractivity contribution is -0.137. The third-order valence-corrected chi connectivity index (χ3v) is 4.97. The SMILES string of the molecule is Cc1ccc(C(=O)Nc2ncc(Cc3cc(C(F)(F)F)ccc3Cl)s2)cn1. The molecule has 1 N–H and O–H groups in total. The molecule has 2 aromatic heterocycles. The van der Waals surface area contributed by atoms with Crippen LogP contribution in [0.2, 0.25) is 5.02 Å². The van der Waals surface area contributed by atoms with Crippen molar-refractivity contribution in [2.75, 3.05) is 5.32 Å². The van der Waals surface area contributed by atoms with E-state index >= 15 is 0 Å². The molecule has 0 bridgehead atoms. The highest BCUT2D eigenvalue weighted by Crippen LogP contribution is 2.33. The number of aromatic nitrogens is 2. The van der Waals surface area contributed by atoms with Gasteiger partial charge in [0.1, 0.15) is 0 Å². The molecule has 0 fully saturated rings. The molecule has 1 amide bonds. The van der Waals surface area contributed by atoms with E-state index in [1.54, 1.807) is 12.1 Å². The molecular formula is C18H13ClF3N3OS. The van der Waals surface area contributed by atoms with E-state index in [0.29, 0.717) is 21.1 Å². The van der Waals surface area contributed by atoms with Gasteiger partial charge in [0.2, 0.25) is 0 Å². The summed E-state index contributed by atoms with van der Waals surface area (Å²) < 4.78 is 38.6. The average Bonchev–Trinajstić information content (AvgIpc) is 3.03. The summed E-state index contributed by atoms with van der Waals surface area (Å²) in [7, 11) is 0. The zero-order valence-corrected chi connectivity index (χ0v) is 15.5. The lowest BCUT2D eigenvalue weighted by atomic mass is 10.1. The van der Waals surface area contributed by atoms with E-state index in [9.17, 15) is 18.0 Å². The van der Waals surface area contributed by atoms with Gasteiger partial charge in [0.25, 0.3) is 5.91 Å². The van der Waals surface area contributed by atoms with E-state index < -0.39 is 11.7 Å². The van der Waals surface area contributed by atoms with Gasteiger partial charge in [-0.05, 0) is 42.8 Å². The molecule has 1 aromatic carbocycles. The molecule has 0 saturated carbocycles. The van der Waals surface area contributed by atoms with Crippen molar-refractivity contribution < 1.29 is 18.0 Å². The number of carbonyl (C=O) groups excluding carboxylic acids is 1. The van der Waals surface area contributed by atoms with Crippen molar-refractivity contribution in [3.05, 3.63) is 75.0 Å². The van der Waals surface area contributed by atoms with Crippen LogP contribution < -0.4 is 5.32 Å². The molecule has 0 spiro atoms. The van der Waals surface area contributed by atoms with Gasteiger partial charge in [-0.15, -0.1) is 11.3 Å². The number of alkyl halides is 3. The molecule has 0 aliphatic heterocycles. The fourth-order valence-corrected chi connectivity index (χ4v) is 3.31. The van der Waals surface area contributed by atoms with E-state index in [4.69, 9.17) is 11.6 Å². The highest BCUT2D eigenvalue weighted by atomic mass is 35.5. The van der Waals surface area contributed by atoms with Crippen LogP contribution in [0, 0.1) is 6.92 Å². The molecule has 140 valence electrons. The minimum atomic E-state index is -4.44. The largest absolute Gasteiger partial charge is 0.416 e. The summed E-state index contributed by atoms with van der Waals surface area (Å²) >= 11 is 7.19. The van der Waals surface area contributed by atoms with Gasteiger partial charge < -0.3 is 0 Å². The molecule has 0 aliphatic rings. The number of anilines is 1. The van der Waals surface area contributed by atoms with Crippen molar-refractivity contribution in [3.8, 4) is 0 Å². The lowest BCUT2D eigenvalue weighted by Crippen LogP contribution is -2.11. The minimum absolute atomic E-state index is 0.183. The summed E-state index contributed by atoms with van der Waals surface area (Å²) in [5, 5.41) is 3.24. The van der Waals surface area contributed by atoms with Gasteiger partial charge in [-0.2, -0.15) is 13.2 Å². The van der Waals surface area contributed by atoms with E-state index in [0.717, 1.165) is 17.8 Å². The molecule has 9 heteroatoms. The summed E-state index contributed by atoms with van der Waals surface area (Å²) in [6.45, 7) is 1.81. The number of thiazole rings is 1. The molecule has 2 heterocycles. The van der Waals surface area contributed by atoms with Gasteiger partial charge in [0, 0.05) is 34.4 Å². The zero-order valence-electron chi connectivity index (χ0n) is 14.0. The highest BCUT2D eigenvalue weighted by molar-refractivity contribution is 7.15. The highest BCUT2D eigenvalue weighted by Gasteiger charge is 2.30. The van der Waals surface area contributed by atoms with Crippen LogP contribution in [0.4, 0.5) is 18.3 Å². The number of hydrogen-bond donors (Lipinski definition) is 1. The standard InChI is InChI=1S/C18H13ClF3N3OS/c1-10-2-3-11(8-23-10)16(26)25-17-24-9-14(27-17)7-12-6-13(18(20,21)22)4-5-15(12)19/h2-6,8-9H,7H2,1H3,(H,24,25,26). The van der Waals surface area contributed by atoms with Crippen LogP contribution >= 0.6 is 22.9 Å². The molecule has 27 heavy (non-hydrogen) atoms. The smallest absolute Gasteiger partial charge is 0.298 e. The number of benzene rings is 1. The Bertz CT molecular complexity index is 971. The summed E-state index contributed by atoms with van der Waals surface area (Å²) in [5.41, 5.74) is 0.766. The normalized spacial score (nSPS) is 11.4. The van der Waals surface area contributed by atoms with Crippen LogP contribution in [0.15, 0.2) is 42.7 Å². The van der Waals surface area contributed by atoms with Gasteiger partial charge in [-0.3, -0.25) is 15.1 Å². The Hall–Kier alpha value is -2.45. The van der Waals surface area contributed by atoms with E-state index in [-0.39, 0.29) is 17.4 Å². The number of rotatable bonds is 4. The minimum Gasteiger partial charge on any atom is -0.298 e. The van der Waals surface area contributed by atoms with Crippen molar-refractivity contribution in [2.45, 2.75) is 19.5 Å². The Morgan fingerprint density at radius 1 is 1.19 bits per heavy atom. The van der Waals surface area contributed by atoms with Crippen LogP contribution in [0.5, 0.6) is 0 Å². The van der Waals surface area contributed by atoms with E-state index in [2.05, 4.69) is 15.3 Å². The second kappa shape index (κ2) is 7.66. The number of nitrogens with zero attached hydrogens (tertiary/aromatic N) is 2. The van der Waals surface area contributed by atoms with Crippen molar-refractivity contribution in [2.24, 2.45) is 0 Å². The predicted molar refractivity (Wildman–Crippen MR) is 98.3 cm³/mol. The number of halogens is 4. The number of pyridine rings is 1. The van der Waals surface area contributed by atoms with Crippen molar-refractivity contribution >= 4 is 34.0 Å². The summed E-state index contributed by atoms with van der Waals surface area (Å²) in [5.74, 6) is -0.361. The fraction of sp³-hybridized carbons (Fsp3) is 0.167. The first-order valence-electron chi connectivity index (χ1n) is 7.77. The first kappa shape index (κ1) is 19.3. The molecule has 0 atom stereocenters. The average molecular weight is 412 g/mol. The second-order valence-corrected chi connectivity index (χ2v) is 7.28. The third-order valence-electron chi connectivity index (χ3n) is 3.69. The third kappa shape index (κ3) is 4.84. The monoisotopic (exact) mass is 411 g/mol. The van der Waals surface area contributed by atoms with Crippen molar-refractivity contribution in [1.29, 1.82) is 0 Å². The van der Waals surface area contributed by atoms with Crippen LogP contribution in [0.25, 0.3) is 0 Å².